The van der Waals surface area contributed by atoms with E-state index in [2.05, 4.69) is 15.1 Å². The molecule has 2 aromatic carbocycles. The highest BCUT2D eigenvalue weighted by molar-refractivity contribution is 6.02. The first-order valence-corrected chi connectivity index (χ1v) is 9.45. The summed E-state index contributed by atoms with van der Waals surface area (Å²) in [5, 5.41) is 5.36. The van der Waals surface area contributed by atoms with Crippen LogP contribution in [0.2, 0.25) is 0 Å². The number of nitrogens with one attached hydrogen (secondary N) is 1. The number of benzene rings is 2. The van der Waals surface area contributed by atoms with Crippen LogP contribution in [0, 0.1) is 0 Å². The number of carbonyl (C=O) groups is 2. The van der Waals surface area contributed by atoms with Crippen LogP contribution < -0.4 is 17.2 Å². The van der Waals surface area contributed by atoms with Gasteiger partial charge < -0.3 is 22.2 Å². The number of aryl methyl sites for hydroxylation is 1. The van der Waals surface area contributed by atoms with Crippen molar-refractivity contribution in [2.24, 2.45) is 17.2 Å². The fraction of sp³-hybridized carbons (Fsp3) is 0.143. The van der Waals surface area contributed by atoms with Crippen molar-refractivity contribution < 1.29 is 9.59 Å². The maximum atomic E-state index is 12.0. The maximum Gasteiger partial charge on any atom is 0.267 e. The number of primary amides is 2. The maximum absolute atomic E-state index is 12.0. The van der Waals surface area contributed by atoms with Crippen molar-refractivity contribution in [1.82, 2.24) is 19.7 Å². The van der Waals surface area contributed by atoms with Crippen molar-refractivity contribution in [3.63, 3.8) is 0 Å². The topological polar surface area (TPSA) is 159 Å². The fourth-order valence-corrected chi connectivity index (χ4v) is 3.39. The summed E-state index contributed by atoms with van der Waals surface area (Å²) in [6, 6.07) is 14.4. The number of carbonyl (C=O) groups excluding carboxylic acids is 2. The van der Waals surface area contributed by atoms with Crippen LogP contribution in [0.1, 0.15) is 27.3 Å². The Labute approximate surface area is 171 Å². The van der Waals surface area contributed by atoms with Gasteiger partial charge in [0.2, 0.25) is 5.91 Å². The first-order valence-electron chi connectivity index (χ1n) is 9.45. The number of aromatic amines is 1. The second-order valence-electron chi connectivity index (χ2n) is 6.85. The molecule has 0 bridgehead atoms. The zero-order valence-electron chi connectivity index (χ0n) is 16.1. The van der Waals surface area contributed by atoms with Crippen molar-refractivity contribution >= 4 is 22.7 Å². The van der Waals surface area contributed by atoms with Crippen LogP contribution in [0.15, 0.2) is 48.5 Å². The van der Waals surface area contributed by atoms with E-state index >= 15 is 0 Å². The zero-order chi connectivity index (χ0) is 21.3. The molecule has 0 spiro atoms. The lowest BCUT2D eigenvalue weighted by atomic mass is 10.1. The van der Waals surface area contributed by atoms with Gasteiger partial charge in [-0.1, -0.05) is 30.3 Å². The summed E-state index contributed by atoms with van der Waals surface area (Å²) < 4.78 is 1.80. The number of fused-ring (bicyclic) bond motifs is 1. The van der Waals surface area contributed by atoms with E-state index in [1.165, 1.54) is 0 Å². The molecule has 4 aromatic rings. The molecule has 9 heteroatoms. The summed E-state index contributed by atoms with van der Waals surface area (Å²) in [5.74, 6) is -0.794. The molecule has 0 radical (unpaired) electrons. The Kier molecular flexibility index (Phi) is 5.03. The first kappa shape index (κ1) is 19.3. The minimum Gasteiger partial charge on any atom is -0.366 e. The van der Waals surface area contributed by atoms with Gasteiger partial charge in [-0.15, -0.1) is 0 Å². The van der Waals surface area contributed by atoms with E-state index < -0.39 is 11.8 Å². The average molecular weight is 403 g/mol. The Morgan fingerprint density at radius 1 is 1.00 bits per heavy atom. The fourth-order valence-electron chi connectivity index (χ4n) is 3.39. The number of aromatic nitrogens is 4. The number of hydrogen-bond donors (Lipinski definition) is 4. The van der Waals surface area contributed by atoms with E-state index in [1.807, 2.05) is 30.3 Å². The van der Waals surface area contributed by atoms with Gasteiger partial charge in [0.15, 0.2) is 5.82 Å². The quantitative estimate of drug-likeness (QED) is 0.369. The summed E-state index contributed by atoms with van der Waals surface area (Å²) in [5.41, 5.74) is 19.7. The summed E-state index contributed by atoms with van der Waals surface area (Å²) in [6.07, 6.45) is 0.730. The van der Waals surface area contributed by atoms with Crippen molar-refractivity contribution in [1.29, 1.82) is 0 Å². The molecule has 0 aliphatic heterocycles. The van der Waals surface area contributed by atoms with Crippen LogP contribution in [0.3, 0.4) is 0 Å². The lowest BCUT2D eigenvalue weighted by Crippen LogP contribution is -2.12. The number of amides is 2. The highest BCUT2D eigenvalue weighted by Crippen LogP contribution is 2.31. The number of imidazole rings is 1. The minimum absolute atomic E-state index is 0.187. The van der Waals surface area contributed by atoms with Gasteiger partial charge in [0.25, 0.3) is 5.91 Å². The average Bonchev–Trinajstić information content (AvgIpc) is 3.34. The van der Waals surface area contributed by atoms with Gasteiger partial charge in [-0.3, -0.25) is 14.3 Å². The summed E-state index contributed by atoms with van der Waals surface area (Å²) >= 11 is 0. The van der Waals surface area contributed by atoms with Crippen LogP contribution in [0.5, 0.6) is 0 Å². The molecule has 0 unspecified atom stereocenters. The molecule has 4 rings (SSSR count). The molecule has 0 saturated heterocycles. The number of hydrogen-bond acceptors (Lipinski definition) is 5. The number of H-pyrrole nitrogens is 1. The molecule has 7 N–H and O–H groups in total. The van der Waals surface area contributed by atoms with Crippen molar-refractivity contribution in [3.8, 4) is 22.8 Å². The van der Waals surface area contributed by atoms with Crippen LogP contribution in [0.25, 0.3) is 33.7 Å². The van der Waals surface area contributed by atoms with Crippen LogP contribution >= 0.6 is 0 Å². The van der Waals surface area contributed by atoms with E-state index in [4.69, 9.17) is 17.2 Å². The van der Waals surface area contributed by atoms with Gasteiger partial charge in [-0.2, -0.15) is 5.10 Å². The Balaban J connectivity index is 1.93. The van der Waals surface area contributed by atoms with Crippen molar-refractivity contribution in [3.05, 3.63) is 59.8 Å². The smallest absolute Gasteiger partial charge is 0.267 e. The van der Waals surface area contributed by atoms with E-state index in [0.717, 1.165) is 17.5 Å². The Hall–Kier alpha value is -3.98. The lowest BCUT2D eigenvalue weighted by Gasteiger charge is -2.02. The summed E-state index contributed by atoms with van der Waals surface area (Å²) in [4.78, 5) is 31.4. The second-order valence-corrected chi connectivity index (χ2v) is 6.85. The molecule has 0 fully saturated rings. The standard InChI is InChI=1S/C21H21N7O2/c22-9-4-10-28-15-8-7-13(19(23)29)11-14(15)17(27-28)21-25-16(18(26-21)20(24)30)12-5-2-1-3-6-12/h1-3,5-8,11H,4,9-10,22H2,(H2,23,29)(H2,24,30)(H,25,26). The first-order chi connectivity index (χ1) is 14.5. The van der Waals surface area contributed by atoms with Crippen LogP contribution in [0.4, 0.5) is 0 Å². The minimum atomic E-state index is -0.628. The van der Waals surface area contributed by atoms with Crippen LogP contribution in [-0.4, -0.2) is 38.1 Å². The molecule has 0 aliphatic rings. The van der Waals surface area contributed by atoms with E-state index in [9.17, 15) is 9.59 Å². The van der Waals surface area contributed by atoms with Gasteiger partial charge in [0.1, 0.15) is 17.1 Å². The van der Waals surface area contributed by atoms with E-state index in [1.54, 1.807) is 22.9 Å². The second kappa shape index (κ2) is 7.80. The molecule has 2 aromatic heterocycles. The van der Waals surface area contributed by atoms with Gasteiger partial charge in [-0.05, 0) is 31.2 Å². The molecule has 152 valence electrons. The van der Waals surface area contributed by atoms with Crippen molar-refractivity contribution in [2.45, 2.75) is 13.0 Å². The predicted molar refractivity (Wildman–Crippen MR) is 113 cm³/mol. The van der Waals surface area contributed by atoms with Gasteiger partial charge in [0, 0.05) is 23.1 Å². The zero-order valence-corrected chi connectivity index (χ0v) is 16.1. The highest BCUT2D eigenvalue weighted by Gasteiger charge is 2.22. The molecule has 0 atom stereocenters. The van der Waals surface area contributed by atoms with Gasteiger partial charge >= 0.3 is 0 Å². The largest absolute Gasteiger partial charge is 0.366 e. The van der Waals surface area contributed by atoms with Gasteiger partial charge in [-0.25, -0.2) is 4.98 Å². The molecule has 2 heterocycles. The molecule has 0 saturated carbocycles. The Bertz CT molecular complexity index is 1240. The number of nitrogens with zero attached hydrogens (tertiary/aromatic N) is 3. The summed E-state index contributed by atoms with van der Waals surface area (Å²) in [7, 11) is 0. The molecule has 9 nitrogen and oxygen atoms in total. The monoisotopic (exact) mass is 403 g/mol. The van der Waals surface area contributed by atoms with Gasteiger partial charge in [0.05, 0.1) is 5.52 Å². The highest BCUT2D eigenvalue weighted by atomic mass is 16.1. The normalized spacial score (nSPS) is 11.1. The molecule has 0 aliphatic carbocycles. The molecular formula is C21H21N7O2. The third-order valence-electron chi connectivity index (χ3n) is 4.83. The Morgan fingerprint density at radius 3 is 2.43 bits per heavy atom. The number of nitrogens with two attached hydrogens (primary N) is 3. The third kappa shape index (κ3) is 3.42. The van der Waals surface area contributed by atoms with E-state index in [-0.39, 0.29) is 5.69 Å². The third-order valence-corrected chi connectivity index (χ3v) is 4.83. The Morgan fingerprint density at radius 2 is 1.77 bits per heavy atom. The SMILES string of the molecule is NCCCn1nc(-c2nc(-c3ccccc3)c(C(N)=O)[nH]2)c2cc(C(N)=O)ccc21. The van der Waals surface area contributed by atoms with E-state index in [0.29, 0.717) is 41.3 Å². The van der Waals surface area contributed by atoms with Crippen LogP contribution in [-0.2, 0) is 6.54 Å². The molecular weight excluding hydrogens is 382 g/mol. The molecule has 2 amide bonds. The van der Waals surface area contributed by atoms with Crippen molar-refractivity contribution in [2.75, 3.05) is 6.54 Å². The number of rotatable bonds is 7. The summed E-state index contributed by atoms with van der Waals surface area (Å²) in [6.45, 7) is 1.11. The lowest BCUT2D eigenvalue weighted by molar-refractivity contribution is 0.0990. The molecule has 30 heavy (non-hydrogen) atoms. The predicted octanol–water partition coefficient (Wildman–Crippen LogP) is 1.64.